The largest absolute Gasteiger partial charge is 0.497 e. The summed E-state index contributed by atoms with van der Waals surface area (Å²) in [5.74, 6) is -0.0234. The van der Waals surface area contributed by atoms with Crippen LogP contribution in [0.1, 0.15) is 26.3 Å². The van der Waals surface area contributed by atoms with Crippen molar-refractivity contribution in [2.45, 2.75) is 32.4 Å². The Morgan fingerprint density at radius 3 is 2.42 bits per heavy atom. The number of ether oxygens (including phenoxy) is 2. The van der Waals surface area contributed by atoms with Gasteiger partial charge in [-0.3, -0.25) is 0 Å². The van der Waals surface area contributed by atoms with E-state index in [1.54, 1.807) is 43.5 Å². The second-order valence-electron chi connectivity index (χ2n) is 6.80. The molecule has 138 valence electrons. The Labute approximate surface area is 153 Å². The van der Waals surface area contributed by atoms with E-state index in [9.17, 15) is 9.18 Å². The summed E-state index contributed by atoms with van der Waals surface area (Å²) in [4.78, 5) is 12.5. The number of carbonyl (C=O) groups is 1. The number of hydrogen-bond donors (Lipinski definition) is 1. The molecule has 0 spiro atoms. The molecule has 0 aliphatic rings. The first-order valence-corrected chi connectivity index (χ1v) is 8.34. The fraction of sp³-hybridized carbons (Fsp3) is 0.286. The molecule has 0 aliphatic carbocycles. The molecule has 1 N–H and O–H groups in total. The quantitative estimate of drug-likeness (QED) is 0.763. The number of esters is 1. The van der Waals surface area contributed by atoms with E-state index in [-0.39, 0.29) is 5.82 Å². The maximum absolute atomic E-state index is 13.3. The van der Waals surface area contributed by atoms with Gasteiger partial charge in [-0.05, 0) is 62.7 Å². The number of carbonyl (C=O) groups excluding carboxylic acids is 1. The van der Waals surface area contributed by atoms with E-state index < -0.39 is 17.6 Å². The van der Waals surface area contributed by atoms with Crippen molar-refractivity contribution in [3.05, 3.63) is 66.0 Å². The van der Waals surface area contributed by atoms with Crippen LogP contribution in [0.15, 0.2) is 54.6 Å². The van der Waals surface area contributed by atoms with Gasteiger partial charge in [0.2, 0.25) is 0 Å². The number of anilines is 1. The van der Waals surface area contributed by atoms with Crippen molar-refractivity contribution in [1.82, 2.24) is 0 Å². The first kappa shape index (κ1) is 19.5. The van der Waals surface area contributed by atoms with Gasteiger partial charge in [0.25, 0.3) is 0 Å². The van der Waals surface area contributed by atoms with Crippen LogP contribution in [-0.4, -0.2) is 24.7 Å². The summed E-state index contributed by atoms with van der Waals surface area (Å²) in [7, 11) is 1.59. The molecule has 0 saturated carbocycles. The van der Waals surface area contributed by atoms with Crippen molar-refractivity contribution in [3.63, 3.8) is 0 Å². The minimum Gasteiger partial charge on any atom is -0.497 e. The molecular formula is C21H24FNO3. The number of methoxy groups -OCH3 is 1. The molecule has 0 radical (unpaired) electrons. The standard InChI is InChI=1S/C21H24FNO3/c1-21(2,3)26-20(24)19(13-8-15-6-5-7-16(22)14-15)23-17-9-11-18(25-4)12-10-17/h5-14,19,23H,1-4H3/b13-8+. The molecule has 4 nitrogen and oxygen atoms in total. The molecule has 2 aromatic carbocycles. The molecule has 1 unspecified atom stereocenters. The molecule has 0 aromatic heterocycles. The van der Waals surface area contributed by atoms with E-state index in [0.29, 0.717) is 5.56 Å². The summed E-state index contributed by atoms with van der Waals surface area (Å²) in [5.41, 5.74) is 0.796. The molecule has 5 heteroatoms. The minimum atomic E-state index is -0.717. The molecule has 0 amide bonds. The predicted octanol–water partition coefficient (Wildman–Crippen LogP) is 4.67. The highest BCUT2D eigenvalue weighted by Crippen LogP contribution is 2.18. The maximum atomic E-state index is 13.3. The maximum Gasteiger partial charge on any atom is 0.333 e. The first-order chi connectivity index (χ1) is 12.3. The SMILES string of the molecule is COc1ccc(NC(/C=C/c2cccc(F)c2)C(=O)OC(C)(C)C)cc1. The third-order valence-corrected chi connectivity index (χ3v) is 3.40. The van der Waals surface area contributed by atoms with Gasteiger partial charge in [-0.2, -0.15) is 0 Å². The number of hydrogen-bond acceptors (Lipinski definition) is 4. The zero-order chi connectivity index (χ0) is 19.2. The molecular weight excluding hydrogens is 333 g/mol. The summed E-state index contributed by atoms with van der Waals surface area (Å²) in [6.07, 6.45) is 3.35. The first-order valence-electron chi connectivity index (χ1n) is 8.34. The monoisotopic (exact) mass is 357 g/mol. The molecule has 26 heavy (non-hydrogen) atoms. The highest BCUT2D eigenvalue weighted by atomic mass is 19.1. The smallest absolute Gasteiger partial charge is 0.333 e. The average Bonchev–Trinajstić information content (AvgIpc) is 2.57. The van der Waals surface area contributed by atoms with Crippen molar-refractivity contribution in [2.75, 3.05) is 12.4 Å². The fourth-order valence-corrected chi connectivity index (χ4v) is 2.24. The van der Waals surface area contributed by atoms with Gasteiger partial charge in [-0.25, -0.2) is 9.18 Å². The van der Waals surface area contributed by atoms with Crippen LogP contribution < -0.4 is 10.1 Å². The van der Waals surface area contributed by atoms with Crippen LogP contribution in [0.4, 0.5) is 10.1 Å². The van der Waals surface area contributed by atoms with Crippen molar-refractivity contribution >= 4 is 17.7 Å². The zero-order valence-electron chi connectivity index (χ0n) is 15.5. The van der Waals surface area contributed by atoms with E-state index in [4.69, 9.17) is 9.47 Å². The second kappa shape index (κ2) is 8.52. The lowest BCUT2D eigenvalue weighted by molar-refractivity contribution is -0.154. The Hall–Kier alpha value is -2.82. The second-order valence-corrected chi connectivity index (χ2v) is 6.80. The Balaban J connectivity index is 2.21. The molecule has 2 aromatic rings. The van der Waals surface area contributed by atoms with Gasteiger partial charge in [0.1, 0.15) is 23.2 Å². The van der Waals surface area contributed by atoms with E-state index in [0.717, 1.165) is 11.4 Å². The number of halogens is 1. The lowest BCUT2D eigenvalue weighted by Crippen LogP contribution is -2.35. The minimum absolute atomic E-state index is 0.330. The van der Waals surface area contributed by atoms with Crippen LogP contribution in [0.2, 0.25) is 0 Å². The molecule has 0 fully saturated rings. The molecule has 0 aliphatic heterocycles. The van der Waals surface area contributed by atoms with E-state index >= 15 is 0 Å². The van der Waals surface area contributed by atoms with Crippen LogP contribution in [-0.2, 0) is 9.53 Å². The van der Waals surface area contributed by atoms with Gasteiger partial charge in [0, 0.05) is 5.69 Å². The number of benzene rings is 2. The van der Waals surface area contributed by atoms with Gasteiger partial charge in [-0.15, -0.1) is 0 Å². The van der Waals surface area contributed by atoms with Crippen LogP contribution in [0.25, 0.3) is 6.08 Å². The zero-order valence-corrected chi connectivity index (χ0v) is 15.5. The Morgan fingerprint density at radius 1 is 1.15 bits per heavy atom. The summed E-state index contributed by atoms with van der Waals surface area (Å²) >= 11 is 0. The van der Waals surface area contributed by atoms with Crippen LogP contribution >= 0.6 is 0 Å². The lowest BCUT2D eigenvalue weighted by Gasteiger charge is -2.23. The van der Waals surface area contributed by atoms with E-state index in [1.165, 1.54) is 12.1 Å². The van der Waals surface area contributed by atoms with Crippen LogP contribution in [0.5, 0.6) is 5.75 Å². The molecule has 1 atom stereocenters. The van der Waals surface area contributed by atoms with Crippen molar-refractivity contribution in [2.24, 2.45) is 0 Å². The summed E-state index contributed by atoms with van der Waals surface area (Å²) in [6, 6.07) is 12.7. The lowest BCUT2D eigenvalue weighted by atomic mass is 10.1. The van der Waals surface area contributed by atoms with E-state index in [1.807, 2.05) is 32.9 Å². The van der Waals surface area contributed by atoms with E-state index in [2.05, 4.69) is 5.32 Å². The molecule has 0 bridgehead atoms. The third-order valence-electron chi connectivity index (χ3n) is 3.40. The summed E-state index contributed by atoms with van der Waals surface area (Å²) < 4.78 is 24.0. The Bertz CT molecular complexity index is 764. The topological polar surface area (TPSA) is 47.6 Å². The van der Waals surface area contributed by atoms with Gasteiger partial charge < -0.3 is 14.8 Å². The summed E-state index contributed by atoms with van der Waals surface area (Å²) in [6.45, 7) is 5.43. The Kier molecular flexibility index (Phi) is 6.39. The Morgan fingerprint density at radius 2 is 1.85 bits per heavy atom. The van der Waals surface area contributed by atoms with Crippen molar-refractivity contribution in [3.8, 4) is 5.75 Å². The summed E-state index contributed by atoms with van der Waals surface area (Å²) in [5, 5.41) is 3.13. The highest BCUT2D eigenvalue weighted by molar-refractivity contribution is 5.83. The van der Waals surface area contributed by atoms with Crippen molar-refractivity contribution < 1.29 is 18.7 Å². The number of nitrogens with one attached hydrogen (secondary N) is 1. The van der Waals surface area contributed by atoms with Gasteiger partial charge in [-0.1, -0.05) is 24.3 Å². The molecule has 0 saturated heterocycles. The molecule has 2 rings (SSSR count). The predicted molar refractivity (Wildman–Crippen MR) is 102 cm³/mol. The number of rotatable bonds is 6. The van der Waals surface area contributed by atoms with Gasteiger partial charge in [0.05, 0.1) is 7.11 Å². The highest BCUT2D eigenvalue weighted by Gasteiger charge is 2.23. The van der Waals surface area contributed by atoms with Gasteiger partial charge in [0.15, 0.2) is 0 Å². The molecule has 0 heterocycles. The average molecular weight is 357 g/mol. The normalized spacial score (nSPS) is 12.7. The third kappa shape index (κ3) is 6.24. The van der Waals surface area contributed by atoms with Crippen LogP contribution in [0.3, 0.4) is 0 Å². The van der Waals surface area contributed by atoms with Crippen LogP contribution in [0, 0.1) is 5.82 Å². The fourth-order valence-electron chi connectivity index (χ4n) is 2.24. The van der Waals surface area contributed by atoms with Crippen molar-refractivity contribution in [1.29, 1.82) is 0 Å². The van der Waals surface area contributed by atoms with Gasteiger partial charge >= 0.3 is 5.97 Å².